The smallest absolute Gasteiger partial charge is 0.409 e. The fourth-order valence-electron chi connectivity index (χ4n) is 4.72. The van der Waals surface area contributed by atoms with Crippen molar-refractivity contribution in [3.8, 4) is 0 Å². The number of carbonyl (C=O) groups is 1. The molecule has 2 aliphatic rings. The Bertz CT molecular complexity index is 1040. The van der Waals surface area contributed by atoms with E-state index in [1.807, 2.05) is 0 Å². The largest absolute Gasteiger partial charge is 0.453 e. The molecule has 0 radical (unpaired) electrons. The molecule has 8 nitrogen and oxygen atoms in total. The van der Waals surface area contributed by atoms with Gasteiger partial charge in [-0.2, -0.15) is 9.19 Å². The van der Waals surface area contributed by atoms with E-state index >= 15 is 0 Å². The summed E-state index contributed by atoms with van der Waals surface area (Å²) in [4.78, 5) is 15.9. The zero-order chi connectivity index (χ0) is 21.5. The number of amides is 1. The number of hydrogen-bond acceptors (Lipinski definition) is 6. The lowest BCUT2D eigenvalue weighted by atomic mass is 9.90. The quantitative estimate of drug-likeness (QED) is 0.732. The number of likely N-dealkylation sites (tertiary alicyclic amines) is 2. The number of carbonyl (C=O) groups excluding carboxylic acids is 1. The van der Waals surface area contributed by atoms with Crippen LogP contribution in [-0.2, 0) is 14.8 Å². The Balaban J connectivity index is 1.46. The second kappa shape index (κ2) is 8.14. The molecule has 1 aromatic heterocycles. The molecule has 0 saturated carbocycles. The van der Waals surface area contributed by atoms with Gasteiger partial charge >= 0.3 is 6.09 Å². The number of aromatic nitrogens is 2. The van der Waals surface area contributed by atoms with Gasteiger partial charge < -0.3 is 14.5 Å². The van der Waals surface area contributed by atoms with Gasteiger partial charge in [-0.25, -0.2) is 17.6 Å². The van der Waals surface area contributed by atoms with E-state index in [0.717, 1.165) is 54.8 Å². The summed E-state index contributed by atoms with van der Waals surface area (Å²) in [5.41, 5.74) is 1.03. The van der Waals surface area contributed by atoms with Gasteiger partial charge in [-0.05, 0) is 50.9 Å². The van der Waals surface area contributed by atoms with Crippen molar-refractivity contribution < 1.29 is 22.3 Å². The average molecular weight is 439 g/mol. The fourth-order valence-corrected chi connectivity index (χ4v) is 5.46. The highest BCUT2D eigenvalue weighted by atomic mass is 32.2. The summed E-state index contributed by atoms with van der Waals surface area (Å²) in [6.07, 6.45) is 4.39. The van der Waals surface area contributed by atoms with Crippen LogP contribution in [-0.4, -0.2) is 79.1 Å². The van der Waals surface area contributed by atoms with Crippen molar-refractivity contribution in [3.05, 3.63) is 29.7 Å². The van der Waals surface area contributed by atoms with Crippen molar-refractivity contribution in [2.45, 2.75) is 37.6 Å². The number of rotatable bonds is 3. The van der Waals surface area contributed by atoms with Gasteiger partial charge in [-0.3, -0.25) is 0 Å². The number of nitrogens with zero attached hydrogens (tertiary/aromatic N) is 4. The lowest BCUT2D eigenvalue weighted by molar-refractivity contribution is 0.0732. The molecule has 164 valence electrons. The van der Waals surface area contributed by atoms with E-state index in [4.69, 9.17) is 4.74 Å². The zero-order valence-electron chi connectivity index (χ0n) is 17.3. The number of piperidine rings is 2. The molecule has 0 aliphatic carbocycles. The van der Waals surface area contributed by atoms with Gasteiger partial charge in [0.2, 0.25) is 0 Å². The zero-order valence-corrected chi connectivity index (χ0v) is 18.1. The third-order valence-electron chi connectivity index (χ3n) is 6.28. The highest BCUT2D eigenvalue weighted by molar-refractivity contribution is 7.89. The normalized spacial score (nSPS) is 20.0. The molecule has 0 unspecified atom stereocenters. The first-order valence-electron chi connectivity index (χ1n) is 10.2. The van der Waals surface area contributed by atoms with Crippen LogP contribution < -0.4 is 0 Å². The van der Waals surface area contributed by atoms with Gasteiger partial charge in [0.1, 0.15) is 5.82 Å². The molecule has 10 heteroatoms. The molecular formula is C20H27FN4O4S. The van der Waals surface area contributed by atoms with Crippen molar-refractivity contribution in [1.29, 1.82) is 0 Å². The van der Waals surface area contributed by atoms with Crippen LogP contribution in [0.4, 0.5) is 9.18 Å². The molecule has 0 atom stereocenters. The Morgan fingerprint density at radius 3 is 2.40 bits per heavy atom. The predicted octanol–water partition coefficient (Wildman–Crippen LogP) is 2.39. The van der Waals surface area contributed by atoms with E-state index in [2.05, 4.69) is 10.00 Å². The first-order valence-corrected chi connectivity index (χ1v) is 12.1. The predicted molar refractivity (Wildman–Crippen MR) is 110 cm³/mol. The van der Waals surface area contributed by atoms with E-state index in [0.29, 0.717) is 30.0 Å². The number of halogens is 1. The maximum Gasteiger partial charge on any atom is 0.409 e. The van der Waals surface area contributed by atoms with Crippen molar-refractivity contribution in [1.82, 2.24) is 19.0 Å². The number of methoxy groups -OCH3 is 1. The minimum atomic E-state index is -3.62. The molecule has 2 saturated heterocycles. The third kappa shape index (κ3) is 4.02. The van der Waals surface area contributed by atoms with Crippen LogP contribution in [0.25, 0.3) is 10.9 Å². The summed E-state index contributed by atoms with van der Waals surface area (Å²) in [5.74, 6) is -0.348. The molecule has 0 N–H and O–H groups in total. The highest BCUT2D eigenvalue weighted by Crippen LogP contribution is 2.34. The second-order valence-electron chi connectivity index (χ2n) is 8.15. The minimum absolute atomic E-state index is 0.132. The van der Waals surface area contributed by atoms with E-state index < -0.39 is 15.8 Å². The van der Waals surface area contributed by atoms with Crippen LogP contribution in [0.5, 0.6) is 0 Å². The van der Waals surface area contributed by atoms with Crippen LogP contribution in [0.3, 0.4) is 0 Å². The number of benzene rings is 1. The van der Waals surface area contributed by atoms with Gasteiger partial charge in [0, 0.05) is 36.5 Å². The summed E-state index contributed by atoms with van der Waals surface area (Å²) >= 11 is 0. The molecule has 2 fully saturated rings. The Morgan fingerprint density at radius 2 is 1.80 bits per heavy atom. The molecule has 0 bridgehead atoms. The number of ether oxygens (including phenoxy) is 1. The van der Waals surface area contributed by atoms with Gasteiger partial charge in [0.15, 0.2) is 0 Å². The van der Waals surface area contributed by atoms with Gasteiger partial charge in [0.05, 0.1) is 24.6 Å². The molecule has 2 aromatic rings. The standard InChI is InChI=1S/C20H27FN4O4S/c1-29-20(26)24-11-7-16(8-12-24)23-9-5-14(6-10-23)19-17-4-3-15(21)13-18(17)25(22-19)30(2,27)28/h3-4,13-14,16H,5-12H2,1-2H3. The van der Waals surface area contributed by atoms with Gasteiger partial charge in [-0.15, -0.1) is 0 Å². The second-order valence-corrected chi connectivity index (χ2v) is 9.96. The minimum Gasteiger partial charge on any atom is -0.453 e. The summed E-state index contributed by atoms with van der Waals surface area (Å²) in [5, 5.41) is 5.09. The summed E-state index contributed by atoms with van der Waals surface area (Å²) in [6.45, 7) is 3.18. The van der Waals surface area contributed by atoms with E-state index in [-0.39, 0.29) is 12.0 Å². The summed E-state index contributed by atoms with van der Waals surface area (Å²) in [7, 11) is -2.22. The van der Waals surface area contributed by atoms with Crippen molar-refractivity contribution in [3.63, 3.8) is 0 Å². The topological polar surface area (TPSA) is 84.7 Å². The molecule has 30 heavy (non-hydrogen) atoms. The first kappa shape index (κ1) is 21.0. The van der Waals surface area contributed by atoms with Gasteiger partial charge in [0.25, 0.3) is 10.0 Å². The Hall–Kier alpha value is -2.20. The molecule has 4 rings (SSSR count). The van der Waals surface area contributed by atoms with E-state index in [1.165, 1.54) is 19.2 Å². The fraction of sp³-hybridized carbons (Fsp3) is 0.600. The lowest BCUT2D eigenvalue weighted by Gasteiger charge is -2.41. The maximum absolute atomic E-state index is 13.7. The SMILES string of the molecule is COC(=O)N1CCC(N2CCC(c3nn(S(C)(=O)=O)c4cc(F)ccc34)CC2)CC1. The number of hydrogen-bond donors (Lipinski definition) is 0. The van der Waals surface area contributed by atoms with E-state index in [9.17, 15) is 17.6 Å². The van der Waals surface area contributed by atoms with Crippen LogP contribution in [0.15, 0.2) is 18.2 Å². The van der Waals surface area contributed by atoms with Crippen LogP contribution in [0.2, 0.25) is 0 Å². The maximum atomic E-state index is 13.7. The molecule has 2 aliphatic heterocycles. The molecule has 3 heterocycles. The van der Waals surface area contributed by atoms with Gasteiger partial charge in [-0.1, -0.05) is 0 Å². The van der Waals surface area contributed by atoms with Crippen LogP contribution >= 0.6 is 0 Å². The van der Waals surface area contributed by atoms with Crippen LogP contribution in [0, 0.1) is 5.82 Å². The summed E-state index contributed by atoms with van der Waals surface area (Å²) in [6, 6.07) is 4.65. The highest BCUT2D eigenvalue weighted by Gasteiger charge is 2.32. The molecule has 1 aromatic carbocycles. The third-order valence-corrected chi connectivity index (χ3v) is 7.19. The average Bonchev–Trinajstić information content (AvgIpc) is 3.12. The Morgan fingerprint density at radius 1 is 1.13 bits per heavy atom. The van der Waals surface area contributed by atoms with Crippen molar-refractivity contribution >= 4 is 27.0 Å². The Labute approximate surface area is 175 Å². The van der Waals surface area contributed by atoms with Crippen molar-refractivity contribution in [2.24, 2.45) is 0 Å². The Kier molecular flexibility index (Phi) is 5.71. The monoisotopic (exact) mass is 438 g/mol. The first-order chi connectivity index (χ1) is 14.3. The van der Waals surface area contributed by atoms with Crippen LogP contribution in [0.1, 0.15) is 37.3 Å². The van der Waals surface area contributed by atoms with Crippen molar-refractivity contribution in [2.75, 3.05) is 39.5 Å². The molecule has 0 spiro atoms. The number of fused-ring (bicyclic) bond motifs is 1. The van der Waals surface area contributed by atoms with E-state index in [1.54, 1.807) is 11.0 Å². The lowest BCUT2D eigenvalue weighted by Crippen LogP contribution is -2.48. The molecular weight excluding hydrogens is 411 g/mol. The molecule has 1 amide bonds. The summed E-state index contributed by atoms with van der Waals surface area (Å²) < 4.78 is 43.8.